The Morgan fingerprint density at radius 2 is 2.03 bits per heavy atom. The van der Waals surface area contributed by atoms with Gasteiger partial charge in [-0.15, -0.1) is 0 Å². The number of fused-ring (bicyclic) bond motifs is 1. The maximum atomic E-state index is 13.2. The van der Waals surface area contributed by atoms with Gasteiger partial charge in [-0.05, 0) is 25.8 Å². The molecule has 0 unspecified atom stereocenters. The van der Waals surface area contributed by atoms with Gasteiger partial charge in [0.15, 0.2) is 0 Å². The number of nitrogen functional groups attached to an aromatic ring is 1. The molecule has 13 heteroatoms. The van der Waals surface area contributed by atoms with Crippen LogP contribution in [-0.4, -0.2) is 56.2 Å². The Morgan fingerprint density at radius 3 is 2.72 bits per heavy atom. The number of nitrogens with two attached hydrogens (primary N) is 1. The van der Waals surface area contributed by atoms with Gasteiger partial charge in [0.25, 0.3) is 0 Å². The van der Waals surface area contributed by atoms with Crippen LogP contribution in [0.15, 0.2) is 18.5 Å². The van der Waals surface area contributed by atoms with Gasteiger partial charge < -0.3 is 21.3 Å². The summed E-state index contributed by atoms with van der Waals surface area (Å²) < 4.78 is 41.1. The molecule has 0 bridgehead atoms. The van der Waals surface area contributed by atoms with Crippen molar-refractivity contribution in [2.24, 2.45) is 0 Å². The van der Waals surface area contributed by atoms with Gasteiger partial charge in [-0.25, -0.2) is 19.3 Å². The van der Waals surface area contributed by atoms with E-state index in [1.165, 1.54) is 28.2 Å². The molecule has 1 saturated heterocycles. The van der Waals surface area contributed by atoms with Gasteiger partial charge in [-0.1, -0.05) is 11.3 Å². The third-order valence-electron chi connectivity index (χ3n) is 5.30. The van der Waals surface area contributed by atoms with Crippen molar-refractivity contribution in [3.63, 3.8) is 0 Å². The second-order valence-corrected chi connectivity index (χ2v) is 8.51. The van der Waals surface area contributed by atoms with Gasteiger partial charge in [0.2, 0.25) is 4.96 Å². The van der Waals surface area contributed by atoms with E-state index in [2.05, 4.69) is 25.7 Å². The maximum Gasteiger partial charge on any atom is 0.419 e. The minimum atomic E-state index is -4.60. The quantitative estimate of drug-likeness (QED) is 0.531. The number of carbonyl (C=O) groups excluding carboxylic acids is 1. The lowest BCUT2D eigenvalue weighted by Gasteiger charge is -2.32. The minimum Gasteiger partial charge on any atom is -0.383 e. The fourth-order valence-corrected chi connectivity index (χ4v) is 4.44. The van der Waals surface area contributed by atoms with Gasteiger partial charge in [0.1, 0.15) is 10.8 Å². The minimum absolute atomic E-state index is 0.0366. The summed E-state index contributed by atoms with van der Waals surface area (Å²) in [4.78, 5) is 22.2. The zero-order chi connectivity index (χ0) is 22.9. The van der Waals surface area contributed by atoms with Crippen molar-refractivity contribution in [2.45, 2.75) is 38.5 Å². The topological polar surface area (TPSA) is 113 Å². The summed E-state index contributed by atoms with van der Waals surface area (Å²) in [5.74, 6) is -0.566. The summed E-state index contributed by atoms with van der Waals surface area (Å²) in [5, 5.41) is 11.5. The van der Waals surface area contributed by atoms with Crippen LogP contribution in [0.5, 0.6) is 0 Å². The molecule has 1 fully saturated rings. The Hall–Kier alpha value is -2.93. The van der Waals surface area contributed by atoms with E-state index in [4.69, 9.17) is 5.73 Å². The van der Waals surface area contributed by atoms with Crippen molar-refractivity contribution in [2.75, 3.05) is 25.4 Å². The fraction of sp³-hybridized carbons (Fsp3) is 0.474. The van der Waals surface area contributed by atoms with E-state index in [-0.39, 0.29) is 17.6 Å². The molecule has 3 aromatic heterocycles. The fourth-order valence-electron chi connectivity index (χ4n) is 3.62. The van der Waals surface area contributed by atoms with E-state index in [1.54, 1.807) is 4.90 Å². The molecular weight excluding hydrogens is 445 g/mol. The summed E-state index contributed by atoms with van der Waals surface area (Å²) in [6.45, 7) is 4.37. The molecule has 4 rings (SSSR count). The molecule has 0 atom stereocenters. The van der Waals surface area contributed by atoms with Crippen molar-refractivity contribution in [3.8, 4) is 11.3 Å². The predicted molar refractivity (Wildman–Crippen MR) is 114 cm³/mol. The second kappa shape index (κ2) is 8.90. The van der Waals surface area contributed by atoms with E-state index in [0.717, 1.165) is 23.9 Å². The Bertz CT molecular complexity index is 1100. The Labute approximate surface area is 185 Å². The second-order valence-electron chi connectivity index (χ2n) is 7.47. The van der Waals surface area contributed by atoms with E-state index in [9.17, 15) is 18.0 Å². The maximum absolute atomic E-state index is 13.2. The number of piperidine rings is 1. The summed E-state index contributed by atoms with van der Waals surface area (Å²) in [7, 11) is 0. The number of likely N-dealkylation sites (tertiary alicyclic amines) is 1. The Kier molecular flexibility index (Phi) is 6.20. The zero-order valence-electron chi connectivity index (χ0n) is 17.3. The third-order valence-corrected chi connectivity index (χ3v) is 6.22. The van der Waals surface area contributed by atoms with E-state index in [1.807, 2.05) is 6.92 Å². The molecule has 32 heavy (non-hydrogen) atoms. The normalized spacial score (nSPS) is 15.4. The first-order valence-corrected chi connectivity index (χ1v) is 11.0. The summed E-state index contributed by atoms with van der Waals surface area (Å²) in [6, 6.07) is 1.18. The monoisotopic (exact) mass is 468 g/mol. The van der Waals surface area contributed by atoms with Crippen molar-refractivity contribution in [1.82, 2.24) is 35.1 Å². The van der Waals surface area contributed by atoms with Crippen LogP contribution in [0.25, 0.3) is 16.2 Å². The first kappa shape index (κ1) is 22.3. The van der Waals surface area contributed by atoms with Gasteiger partial charge in [0.05, 0.1) is 17.5 Å². The highest BCUT2D eigenvalue weighted by atomic mass is 32.1. The lowest BCUT2D eigenvalue weighted by Crippen LogP contribution is -2.48. The average molecular weight is 469 g/mol. The van der Waals surface area contributed by atoms with Gasteiger partial charge in [0, 0.05) is 44.0 Å². The number of nitrogens with zero attached hydrogens (tertiary/aromatic N) is 5. The largest absolute Gasteiger partial charge is 0.419 e. The lowest BCUT2D eigenvalue weighted by atomic mass is 10.1. The predicted octanol–water partition coefficient (Wildman–Crippen LogP) is 2.74. The van der Waals surface area contributed by atoms with Crippen LogP contribution in [0.2, 0.25) is 0 Å². The highest BCUT2D eigenvalue weighted by Crippen LogP contribution is 2.35. The molecule has 0 aromatic carbocycles. The van der Waals surface area contributed by atoms with Crippen molar-refractivity contribution < 1.29 is 18.0 Å². The SMILES string of the molecule is CCNC(=O)N1CCC(NCc2nn3c(-c4cnc(N)c(C(F)(F)F)c4)cnc3s2)CC1. The first-order valence-electron chi connectivity index (χ1n) is 10.2. The van der Waals surface area contributed by atoms with Gasteiger partial charge in [-0.3, -0.25) is 0 Å². The highest BCUT2D eigenvalue weighted by Gasteiger charge is 2.34. The van der Waals surface area contributed by atoms with Crippen LogP contribution in [0.1, 0.15) is 30.3 Å². The van der Waals surface area contributed by atoms with Crippen molar-refractivity contribution in [1.29, 1.82) is 0 Å². The highest BCUT2D eigenvalue weighted by molar-refractivity contribution is 7.16. The standard InChI is InChI=1S/C19H23F3N8OS/c1-2-24-17(31)29-5-3-12(4-6-29)25-10-15-28-30-14(9-27-18(30)32-15)11-7-13(19(20,21)22)16(23)26-8-11/h7-9,12,25H,2-6,10H2,1H3,(H2,23,26)(H,24,31). The number of hydrogen-bond acceptors (Lipinski definition) is 7. The van der Waals surface area contributed by atoms with Crippen molar-refractivity contribution >= 4 is 28.1 Å². The summed E-state index contributed by atoms with van der Waals surface area (Å²) in [6.07, 6.45) is -0.167. The number of anilines is 1. The third kappa shape index (κ3) is 4.63. The molecule has 0 spiro atoms. The molecule has 2 amide bonds. The van der Waals surface area contributed by atoms with Crippen LogP contribution < -0.4 is 16.4 Å². The van der Waals surface area contributed by atoms with Crippen molar-refractivity contribution in [3.05, 3.63) is 29.0 Å². The van der Waals surface area contributed by atoms with E-state index < -0.39 is 17.6 Å². The van der Waals surface area contributed by atoms with Crippen LogP contribution in [0.3, 0.4) is 0 Å². The molecular formula is C19H23F3N8OS. The van der Waals surface area contributed by atoms with E-state index in [0.29, 0.717) is 36.8 Å². The zero-order valence-corrected chi connectivity index (χ0v) is 18.1. The number of carbonyl (C=O) groups is 1. The van der Waals surface area contributed by atoms with Crippen LogP contribution in [0.4, 0.5) is 23.8 Å². The smallest absolute Gasteiger partial charge is 0.383 e. The van der Waals surface area contributed by atoms with E-state index >= 15 is 0 Å². The molecule has 0 aliphatic carbocycles. The van der Waals surface area contributed by atoms with Crippen LogP contribution in [-0.2, 0) is 12.7 Å². The van der Waals surface area contributed by atoms with Crippen LogP contribution >= 0.6 is 11.3 Å². The number of nitrogens with one attached hydrogen (secondary N) is 2. The molecule has 1 aliphatic heterocycles. The number of rotatable bonds is 5. The Balaban J connectivity index is 1.43. The van der Waals surface area contributed by atoms with Gasteiger partial charge >= 0.3 is 12.2 Å². The molecule has 0 saturated carbocycles. The number of hydrogen-bond donors (Lipinski definition) is 3. The van der Waals surface area contributed by atoms with Crippen LogP contribution in [0, 0.1) is 0 Å². The average Bonchev–Trinajstić information content (AvgIpc) is 3.33. The molecule has 4 heterocycles. The molecule has 9 nitrogen and oxygen atoms in total. The number of urea groups is 1. The number of amides is 2. The number of halogens is 3. The van der Waals surface area contributed by atoms with Gasteiger partial charge in [-0.2, -0.15) is 18.3 Å². The molecule has 4 N–H and O–H groups in total. The number of imidazole rings is 1. The number of pyridine rings is 1. The summed E-state index contributed by atoms with van der Waals surface area (Å²) >= 11 is 1.36. The first-order chi connectivity index (χ1) is 15.3. The molecule has 3 aromatic rings. The molecule has 0 radical (unpaired) electrons. The Morgan fingerprint density at radius 1 is 1.28 bits per heavy atom. The number of aromatic nitrogens is 4. The summed E-state index contributed by atoms with van der Waals surface area (Å²) in [5.41, 5.74) is 5.06. The number of alkyl halides is 3. The molecule has 1 aliphatic rings. The molecule has 172 valence electrons. The lowest BCUT2D eigenvalue weighted by molar-refractivity contribution is -0.137.